The zero-order valence-electron chi connectivity index (χ0n) is 11.6. The first-order chi connectivity index (χ1) is 10.1. The first-order valence-electron chi connectivity index (χ1n) is 6.57. The Morgan fingerprint density at radius 1 is 1.43 bits per heavy atom. The summed E-state index contributed by atoms with van der Waals surface area (Å²) in [7, 11) is 0. The van der Waals surface area contributed by atoms with Gasteiger partial charge >= 0.3 is 0 Å². The van der Waals surface area contributed by atoms with E-state index in [1.165, 1.54) is 12.1 Å². The van der Waals surface area contributed by atoms with E-state index in [1.807, 2.05) is 13.0 Å². The van der Waals surface area contributed by atoms with Crippen LogP contribution in [-0.2, 0) is 11.2 Å². The molecule has 7 heteroatoms. The lowest BCUT2D eigenvalue weighted by Gasteiger charge is -2.04. The van der Waals surface area contributed by atoms with Gasteiger partial charge in [-0.3, -0.25) is 4.79 Å². The van der Waals surface area contributed by atoms with Crippen molar-refractivity contribution in [1.29, 1.82) is 0 Å². The van der Waals surface area contributed by atoms with Crippen LogP contribution in [0.15, 0.2) is 28.6 Å². The van der Waals surface area contributed by atoms with Crippen molar-refractivity contribution in [2.75, 3.05) is 12.3 Å². The van der Waals surface area contributed by atoms with E-state index in [0.717, 1.165) is 20.7 Å². The van der Waals surface area contributed by atoms with E-state index in [1.54, 1.807) is 29.2 Å². The summed E-state index contributed by atoms with van der Waals surface area (Å²) in [4.78, 5) is 11.7. The molecule has 112 valence electrons. The lowest BCUT2D eigenvalue weighted by Crippen LogP contribution is -2.25. The van der Waals surface area contributed by atoms with Gasteiger partial charge in [-0.1, -0.05) is 35.2 Å². The zero-order valence-corrected chi connectivity index (χ0v) is 13.3. The second kappa shape index (κ2) is 8.09. The van der Waals surface area contributed by atoms with Crippen LogP contribution < -0.4 is 5.32 Å². The number of benzene rings is 1. The maximum atomic E-state index is 13.0. The summed E-state index contributed by atoms with van der Waals surface area (Å²) < 4.78 is 13.9. The number of carbonyl (C=O) groups is 1. The minimum atomic E-state index is -0.267. The smallest absolute Gasteiger partial charge is 0.220 e. The molecule has 0 radical (unpaired) electrons. The Hall–Kier alpha value is -1.47. The van der Waals surface area contributed by atoms with Gasteiger partial charge in [-0.15, -0.1) is 10.2 Å². The average Bonchev–Trinajstić information content (AvgIpc) is 2.87. The second-order valence-corrected chi connectivity index (χ2v) is 6.94. The number of thioether (sulfide) groups is 1. The van der Waals surface area contributed by atoms with E-state index in [-0.39, 0.29) is 11.7 Å². The molecule has 1 aromatic heterocycles. The monoisotopic (exact) mass is 325 g/mol. The Bertz CT molecular complexity index is 603. The molecule has 1 aromatic carbocycles. The predicted octanol–water partition coefficient (Wildman–Crippen LogP) is 2.83. The Kier molecular flexibility index (Phi) is 6.13. The third-order valence-electron chi connectivity index (χ3n) is 2.69. The van der Waals surface area contributed by atoms with Gasteiger partial charge in [0, 0.05) is 18.7 Å². The standard InChI is InChI=1S/C14H16FN3OS2/c1-10-17-18-14(21-10)20-8-7-16-13(19)6-5-11-3-2-4-12(15)9-11/h2-4,9H,5-8H2,1H3,(H,16,19). The van der Waals surface area contributed by atoms with Crippen molar-refractivity contribution in [3.8, 4) is 0 Å². The second-order valence-electron chi connectivity index (χ2n) is 4.42. The summed E-state index contributed by atoms with van der Waals surface area (Å²) in [6.07, 6.45) is 0.915. The van der Waals surface area contributed by atoms with E-state index >= 15 is 0 Å². The van der Waals surface area contributed by atoms with E-state index in [2.05, 4.69) is 15.5 Å². The summed E-state index contributed by atoms with van der Waals surface area (Å²) >= 11 is 3.13. The molecule has 2 rings (SSSR count). The minimum Gasteiger partial charge on any atom is -0.355 e. The summed E-state index contributed by atoms with van der Waals surface area (Å²) in [6.45, 7) is 2.50. The third-order valence-corrected chi connectivity index (χ3v) is 4.66. The van der Waals surface area contributed by atoms with Gasteiger partial charge in [0.15, 0.2) is 4.34 Å². The summed E-state index contributed by atoms with van der Waals surface area (Å²) in [5.41, 5.74) is 0.837. The fourth-order valence-corrected chi connectivity index (χ4v) is 3.45. The van der Waals surface area contributed by atoms with Crippen molar-refractivity contribution < 1.29 is 9.18 Å². The minimum absolute atomic E-state index is 0.0201. The molecule has 0 aliphatic rings. The van der Waals surface area contributed by atoms with Gasteiger partial charge in [-0.05, 0) is 31.0 Å². The highest BCUT2D eigenvalue weighted by Gasteiger charge is 2.04. The number of nitrogens with zero attached hydrogens (tertiary/aromatic N) is 2. The molecule has 1 amide bonds. The summed E-state index contributed by atoms with van der Waals surface area (Å²) in [6, 6.07) is 6.34. The average molecular weight is 325 g/mol. The quantitative estimate of drug-likeness (QED) is 0.628. The highest BCUT2D eigenvalue weighted by Crippen LogP contribution is 2.20. The Morgan fingerprint density at radius 3 is 3.00 bits per heavy atom. The number of halogens is 1. The number of rotatable bonds is 7. The van der Waals surface area contributed by atoms with Crippen LogP contribution in [0.2, 0.25) is 0 Å². The molecule has 0 aliphatic heterocycles. The van der Waals surface area contributed by atoms with Gasteiger partial charge < -0.3 is 5.32 Å². The van der Waals surface area contributed by atoms with Crippen LogP contribution >= 0.6 is 23.1 Å². The molecular weight excluding hydrogens is 309 g/mol. The summed E-state index contributed by atoms with van der Waals surface area (Å²) in [5.74, 6) is 0.477. The van der Waals surface area contributed by atoms with E-state index in [4.69, 9.17) is 0 Å². The highest BCUT2D eigenvalue weighted by atomic mass is 32.2. The van der Waals surface area contributed by atoms with Crippen LogP contribution in [0.25, 0.3) is 0 Å². The van der Waals surface area contributed by atoms with E-state index in [0.29, 0.717) is 19.4 Å². The topological polar surface area (TPSA) is 54.9 Å². The van der Waals surface area contributed by atoms with Gasteiger partial charge in [0.1, 0.15) is 10.8 Å². The van der Waals surface area contributed by atoms with Gasteiger partial charge in [0.05, 0.1) is 0 Å². The Labute approximate surface area is 131 Å². The lowest BCUT2D eigenvalue weighted by molar-refractivity contribution is -0.120. The molecule has 1 N–H and O–H groups in total. The Balaban J connectivity index is 1.61. The molecule has 4 nitrogen and oxygen atoms in total. The third kappa shape index (κ3) is 5.81. The number of aryl methyl sites for hydroxylation is 2. The molecule has 0 saturated carbocycles. The number of hydrogen-bond donors (Lipinski definition) is 1. The molecule has 0 atom stereocenters. The van der Waals surface area contributed by atoms with Crippen molar-refractivity contribution >= 4 is 29.0 Å². The van der Waals surface area contributed by atoms with Crippen molar-refractivity contribution in [1.82, 2.24) is 15.5 Å². The predicted molar refractivity (Wildman–Crippen MR) is 83.1 cm³/mol. The van der Waals surface area contributed by atoms with Crippen molar-refractivity contribution in [3.63, 3.8) is 0 Å². The van der Waals surface area contributed by atoms with Crippen molar-refractivity contribution in [3.05, 3.63) is 40.7 Å². The zero-order chi connectivity index (χ0) is 15.1. The largest absolute Gasteiger partial charge is 0.355 e. The van der Waals surface area contributed by atoms with Crippen LogP contribution in [0.1, 0.15) is 17.0 Å². The van der Waals surface area contributed by atoms with Crippen molar-refractivity contribution in [2.45, 2.75) is 24.1 Å². The maximum absolute atomic E-state index is 13.0. The molecule has 0 unspecified atom stereocenters. The molecular formula is C14H16FN3OS2. The molecule has 0 aliphatic carbocycles. The van der Waals surface area contributed by atoms with E-state index in [9.17, 15) is 9.18 Å². The number of hydrogen-bond acceptors (Lipinski definition) is 5. The number of carbonyl (C=O) groups excluding carboxylic acids is 1. The molecule has 0 fully saturated rings. The fourth-order valence-electron chi connectivity index (χ4n) is 1.70. The van der Waals surface area contributed by atoms with Crippen LogP contribution in [0.4, 0.5) is 4.39 Å². The van der Waals surface area contributed by atoms with Gasteiger partial charge in [-0.2, -0.15) is 0 Å². The Morgan fingerprint density at radius 2 is 2.29 bits per heavy atom. The maximum Gasteiger partial charge on any atom is 0.220 e. The van der Waals surface area contributed by atoms with Crippen LogP contribution in [0.5, 0.6) is 0 Å². The van der Waals surface area contributed by atoms with Crippen LogP contribution in [0, 0.1) is 12.7 Å². The molecule has 2 aromatic rings. The van der Waals surface area contributed by atoms with Gasteiger partial charge in [0.2, 0.25) is 5.91 Å². The van der Waals surface area contributed by atoms with Gasteiger partial charge in [-0.25, -0.2) is 4.39 Å². The first kappa shape index (κ1) is 15.9. The van der Waals surface area contributed by atoms with Gasteiger partial charge in [0.25, 0.3) is 0 Å². The SMILES string of the molecule is Cc1nnc(SCCNC(=O)CCc2cccc(F)c2)s1. The molecule has 1 heterocycles. The molecule has 0 spiro atoms. The summed E-state index contributed by atoms with van der Waals surface area (Å²) in [5, 5.41) is 11.7. The number of nitrogens with one attached hydrogen (secondary N) is 1. The fraction of sp³-hybridized carbons (Fsp3) is 0.357. The number of aromatic nitrogens is 2. The van der Waals surface area contributed by atoms with E-state index < -0.39 is 0 Å². The van der Waals surface area contributed by atoms with Crippen LogP contribution in [0.3, 0.4) is 0 Å². The first-order valence-corrected chi connectivity index (χ1v) is 8.38. The van der Waals surface area contributed by atoms with Crippen LogP contribution in [-0.4, -0.2) is 28.4 Å². The molecule has 0 saturated heterocycles. The normalized spacial score (nSPS) is 10.6. The highest BCUT2D eigenvalue weighted by molar-refractivity contribution is 8.01. The number of amides is 1. The van der Waals surface area contributed by atoms with Crippen molar-refractivity contribution in [2.24, 2.45) is 0 Å². The molecule has 0 bridgehead atoms. The molecule has 21 heavy (non-hydrogen) atoms. The lowest BCUT2D eigenvalue weighted by atomic mass is 10.1.